The monoisotopic (exact) mass is 490 g/mol. The quantitative estimate of drug-likeness (QED) is 0.596. The lowest BCUT2D eigenvalue weighted by Crippen LogP contribution is -2.51. The van der Waals surface area contributed by atoms with Crippen LogP contribution in [0.4, 0.5) is 8.78 Å². The summed E-state index contributed by atoms with van der Waals surface area (Å²) < 4.78 is 55.7. The number of sulfonamides is 1. The second-order valence-corrected chi connectivity index (χ2v) is 11.5. The molecule has 3 atom stereocenters. The summed E-state index contributed by atoms with van der Waals surface area (Å²) in [4.78, 5) is 14.7. The molecule has 5 rings (SSSR count). The smallest absolute Gasteiger partial charge is 0.252 e. The van der Waals surface area contributed by atoms with Gasteiger partial charge in [0.15, 0.2) is 0 Å². The van der Waals surface area contributed by atoms with Gasteiger partial charge in [-0.2, -0.15) is 0 Å². The Hall–Kier alpha value is -2.36. The number of nitrogens with one attached hydrogen (secondary N) is 1. The second kappa shape index (κ2) is 8.70. The largest absolute Gasteiger partial charge is 0.383 e. The van der Waals surface area contributed by atoms with Gasteiger partial charge in [-0.15, -0.1) is 0 Å². The predicted molar refractivity (Wildman–Crippen MR) is 123 cm³/mol. The first-order valence-electron chi connectivity index (χ1n) is 11.6. The van der Waals surface area contributed by atoms with Crippen molar-refractivity contribution in [2.45, 2.75) is 50.3 Å². The summed E-state index contributed by atoms with van der Waals surface area (Å²) in [5.41, 5.74) is 0.944. The van der Waals surface area contributed by atoms with Crippen LogP contribution >= 0.6 is 0 Å². The topological polar surface area (TPSA) is 86.7 Å². The molecule has 1 aliphatic heterocycles. The molecule has 182 valence electrons. The van der Waals surface area contributed by atoms with Crippen molar-refractivity contribution in [3.63, 3.8) is 0 Å². The summed E-state index contributed by atoms with van der Waals surface area (Å²) in [6, 6.07) is 11.1. The van der Waals surface area contributed by atoms with Gasteiger partial charge in [-0.25, -0.2) is 21.9 Å². The van der Waals surface area contributed by atoms with Gasteiger partial charge in [0.2, 0.25) is 16.0 Å². The molecule has 0 bridgehead atoms. The number of carbonyl (C=O) groups excluding carboxylic acids is 1. The molecule has 6 nitrogen and oxygen atoms in total. The van der Waals surface area contributed by atoms with Crippen LogP contribution in [0.1, 0.15) is 31.2 Å². The predicted octanol–water partition coefficient (Wildman–Crippen LogP) is 3.01. The molecule has 1 saturated heterocycles. The van der Waals surface area contributed by atoms with Gasteiger partial charge >= 0.3 is 0 Å². The van der Waals surface area contributed by atoms with Crippen LogP contribution in [0, 0.1) is 17.2 Å². The van der Waals surface area contributed by atoms with E-state index in [4.69, 9.17) is 0 Å². The van der Waals surface area contributed by atoms with Crippen molar-refractivity contribution in [2.24, 2.45) is 11.3 Å². The van der Waals surface area contributed by atoms with E-state index in [1.54, 1.807) is 30.3 Å². The zero-order chi connectivity index (χ0) is 24.1. The zero-order valence-electron chi connectivity index (χ0n) is 18.7. The van der Waals surface area contributed by atoms with Crippen molar-refractivity contribution < 1.29 is 27.1 Å². The number of nitrogens with zero attached hydrogens (tertiary/aromatic N) is 1. The standard InChI is InChI=1S/C25H28F2N2O4S/c26-15-34(32,33)28-23-20(29(14-25(23)11-12-25)24(31)22(30)17-9-10-17)13-18-7-4-8-19(21(18)27)16-5-2-1-3-6-16/h1-8,17,20,22-23,28,30H,9-15H2/t20-,22-,23+/m0/s1. The van der Waals surface area contributed by atoms with Crippen molar-refractivity contribution in [1.29, 1.82) is 0 Å². The number of rotatable bonds is 8. The van der Waals surface area contributed by atoms with Crippen LogP contribution in [-0.4, -0.2) is 55.1 Å². The maximum Gasteiger partial charge on any atom is 0.252 e. The molecular weight excluding hydrogens is 462 g/mol. The lowest BCUT2D eigenvalue weighted by Gasteiger charge is -2.30. The third-order valence-corrected chi connectivity index (χ3v) is 8.37. The van der Waals surface area contributed by atoms with Gasteiger partial charge in [-0.05, 0) is 49.1 Å². The molecule has 0 unspecified atom stereocenters. The Kier molecular flexibility index (Phi) is 5.98. The summed E-state index contributed by atoms with van der Waals surface area (Å²) in [6.45, 7) is 0.264. The molecule has 3 aliphatic rings. The van der Waals surface area contributed by atoms with Crippen LogP contribution in [0.5, 0.6) is 0 Å². The molecule has 2 aromatic rings. The van der Waals surface area contributed by atoms with Gasteiger partial charge in [-0.3, -0.25) is 4.79 Å². The van der Waals surface area contributed by atoms with Crippen LogP contribution in [-0.2, 0) is 21.2 Å². The minimum Gasteiger partial charge on any atom is -0.383 e. The Morgan fingerprint density at radius 2 is 1.85 bits per heavy atom. The third-order valence-electron chi connectivity index (χ3n) is 7.47. The van der Waals surface area contributed by atoms with Crippen LogP contribution in [0.3, 0.4) is 0 Å². The average Bonchev–Trinajstić information content (AvgIpc) is 3.76. The van der Waals surface area contributed by atoms with Crippen LogP contribution in [0.2, 0.25) is 0 Å². The van der Waals surface area contributed by atoms with Gasteiger partial charge in [0.25, 0.3) is 5.91 Å². The van der Waals surface area contributed by atoms with E-state index in [2.05, 4.69) is 4.72 Å². The van der Waals surface area contributed by atoms with Crippen LogP contribution < -0.4 is 4.72 Å². The summed E-state index contributed by atoms with van der Waals surface area (Å²) in [7, 11) is -4.20. The first kappa shape index (κ1) is 23.4. The summed E-state index contributed by atoms with van der Waals surface area (Å²) >= 11 is 0. The maximum atomic E-state index is 15.6. The minimum absolute atomic E-state index is 0.0524. The molecule has 0 radical (unpaired) electrons. The number of hydrogen-bond acceptors (Lipinski definition) is 4. The summed E-state index contributed by atoms with van der Waals surface area (Å²) in [5, 5.41) is 10.5. The number of amides is 1. The van der Waals surface area contributed by atoms with E-state index in [9.17, 15) is 22.7 Å². The summed E-state index contributed by atoms with van der Waals surface area (Å²) in [5.74, 6) is -0.990. The minimum atomic E-state index is -4.20. The molecule has 2 N–H and O–H groups in total. The number of hydrogen-bond donors (Lipinski definition) is 2. The average molecular weight is 491 g/mol. The van der Waals surface area contributed by atoms with E-state index in [1.165, 1.54) is 4.90 Å². The van der Waals surface area contributed by atoms with Gasteiger partial charge in [0.05, 0.1) is 6.04 Å². The molecule has 9 heteroatoms. The first-order valence-corrected chi connectivity index (χ1v) is 13.3. The van der Waals surface area contributed by atoms with Gasteiger partial charge in [0, 0.05) is 23.6 Å². The highest BCUT2D eigenvalue weighted by atomic mass is 32.2. The number of benzene rings is 2. The normalized spacial score (nSPS) is 24.4. The molecule has 34 heavy (non-hydrogen) atoms. The van der Waals surface area contributed by atoms with Crippen molar-refractivity contribution in [2.75, 3.05) is 12.6 Å². The second-order valence-electron chi connectivity index (χ2n) is 9.85. The van der Waals surface area contributed by atoms with Crippen molar-refractivity contribution >= 4 is 15.9 Å². The SMILES string of the molecule is O=C([C@@H](O)C1CC1)N1CC2(CC2)[C@H](NS(=O)(=O)CF)[C@@H]1Cc1cccc(-c2ccccc2)c1F. The Morgan fingerprint density at radius 1 is 1.15 bits per heavy atom. The van der Waals surface area contributed by atoms with Crippen molar-refractivity contribution in [3.8, 4) is 11.1 Å². The number of likely N-dealkylation sites (tertiary alicyclic amines) is 1. The molecule has 1 amide bonds. The zero-order valence-corrected chi connectivity index (χ0v) is 19.5. The highest BCUT2D eigenvalue weighted by Crippen LogP contribution is 2.56. The van der Waals surface area contributed by atoms with Gasteiger partial charge in [-0.1, -0.05) is 48.5 Å². The molecule has 2 saturated carbocycles. The Labute approximate surface area is 198 Å². The first-order chi connectivity index (χ1) is 16.2. The fourth-order valence-electron chi connectivity index (χ4n) is 5.26. The molecule has 2 aromatic carbocycles. The van der Waals surface area contributed by atoms with E-state index in [0.29, 0.717) is 29.5 Å². The number of halogens is 2. The van der Waals surface area contributed by atoms with Gasteiger partial charge < -0.3 is 10.0 Å². The van der Waals surface area contributed by atoms with Gasteiger partial charge in [0.1, 0.15) is 11.9 Å². The number of carbonyl (C=O) groups is 1. The number of aliphatic hydroxyl groups is 1. The highest BCUT2D eigenvalue weighted by Gasteiger charge is 2.62. The number of aliphatic hydroxyl groups excluding tert-OH is 1. The lowest BCUT2D eigenvalue weighted by atomic mass is 9.91. The van der Waals surface area contributed by atoms with Crippen molar-refractivity contribution in [1.82, 2.24) is 9.62 Å². The molecule has 0 aromatic heterocycles. The molecular formula is C25H28F2N2O4S. The molecule has 3 fully saturated rings. The molecule has 1 heterocycles. The van der Waals surface area contributed by atoms with Crippen LogP contribution in [0.15, 0.2) is 48.5 Å². The van der Waals surface area contributed by atoms with E-state index in [-0.39, 0.29) is 18.9 Å². The third kappa shape index (κ3) is 4.36. The maximum absolute atomic E-state index is 15.6. The van der Waals surface area contributed by atoms with E-state index in [0.717, 1.165) is 12.8 Å². The fourth-order valence-corrected chi connectivity index (χ4v) is 6.11. The lowest BCUT2D eigenvalue weighted by molar-refractivity contribution is -0.142. The Bertz CT molecular complexity index is 1180. The summed E-state index contributed by atoms with van der Waals surface area (Å²) in [6.07, 6.45) is 1.79. The fraction of sp³-hybridized carbons (Fsp3) is 0.480. The van der Waals surface area contributed by atoms with E-state index in [1.807, 2.05) is 18.2 Å². The Balaban J connectivity index is 1.51. The van der Waals surface area contributed by atoms with E-state index < -0.39 is 51.4 Å². The van der Waals surface area contributed by atoms with Crippen molar-refractivity contribution in [3.05, 3.63) is 59.9 Å². The molecule has 2 aliphatic carbocycles. The molecule has 1 spiro atoms. The van der Waals surface area contributed by atoms with Crippen LogP contribution in [0.25, 0.3) is 11.1 Å². The number of alkyl halides is 1. The Morgan fingerprint density at radius 3 is 2.47 bits per heavy atom. The highest BCUT2D eigenvalue weighted by molar-refractivity contribution is 7.89. The van der Waals surface area contributed by atoms with E-state index >= 15 is 4.39 Å².